The van der Waals surface area contributed by atoms with Gasteiger partial charge in [-0.2, -0.15) is 0 Å². The molecule has 4 N–H and O–H groups in total. The Kier molecular flexibility index (Phi) is 19.8. The molecule has 5 rings (SSSR count). The van der Waals surface area contributed by atoms with Crippen LogP contribution in [0.5, 0.6) is 0 Å². The molecule has 14 nitrogen and oxygen atoms in total. The molecule has 2 aromatic heterocycles. The highest BCUT2D eigenvalue weighted by atomic mass is 16.6. The summed E-state index contributed by atoms with van der Waals surface area (Å²) in [6.45, 7) is 9.65. The van der Waals surface area contributed by atoms with Crippen LogP contribution < -0.4 is 21.9 Å². The third-order valence-electron chi connectivity index (χ3n) is 12.7. The van der Waals surface area contributed by atoms with E-state index in [2.05, 4.69) is 17.6 Å². The minimum atomic E-state index is -1.93. The van der Waals surface area contributed by atoms with E-state index in [0.717, 1.165) is 42.1 Å². The molecule has 0 saturated heterocycles. The Bertz CT molecular complexity index is 2200. The number of hydrogen-bond acceptors (Lipinski definition) is 11. The highest BCUT2D eigenvalue weighted by Gasteiger charge is 2.50. The predicted molar refractivity (Wildman–Crippen MR) is 255 cm³/mol. The summed E-state index contributed by atoms with van der Waals surface area (Å²) in [6, 6.07) is 9.43. The normalized spacial score (nSPS) is 16.1. The molecule has 3 aromatic rings. The number of pyridine rings is 2. The van der Waals surface area contributed by atoms with Crippen LogP contribution in [0.25, 0.3) is 22.3 Å². The Balaban J connectivity index is 1.17. The van der Waals surface area contributed by atoms with E-state index in [-0.39, 0.29) is 42.6 Å². The van der Waals surface area contributed by atoms with Gasteiger partial charge in [0.2, 0.25) is 17.4 Å². The van der Waals surface area contributed by atoms with E-state index in [1.807, 2.05) is 30.3 Å². The molecule has 66 heavy (non-hydrogen) atoms. The van der Waals surface area contributed by atoms with E-state index < -0.39 is 59.4 Å². The number of benzene rings is 1. The third kappa shape index (κ3) is 14.2. The van der Waals surface area contributed by atoms with Gasteiger partial charge in [-0.15, -0.1) is 0 Å². The maximum atomic E-state index is 13.9. The largest absolute Gasteiger partial charge is 0.458 e. The standard InChI is InChI=1S/C52H75N5O9/c1-6-8-9-10-11-12-13-14-15-16-17-18-19-20-28-42(49(62)66-51(3,4)5)56-47(60)41(27-23-24-31-53)54-44(58)29-30-45(59)65-52(7-2)39-33-43-46-37(32-36-25-21-22-26-40(36)55-46)34-57(43)48(61)38(39)35-64-50(52)63/h21-22,25-26,32-33,41-42H,6-20,23-24,27-31,34-35,53H2,1-5H3,(H,54,58)(H,56,60)/t41?,42?,52-/m0/s1. The Morgan fingerprint density at radius 3 is 2.08 bits per heavy atom. The molecule has 2 aliphatic rings. The van der Waals surface area contributed by atoms with Crippen molar-refractivity contribution in [3.8, 4) is 11.4 Å². The maximum absolute atomic E-state index is 13.9. The first-order chi connectivity index (χ1) is 31.7. The molecule has 14 heteroatoms. The van der Waals surface area contributed by atoms with Crippen molar-refractivity contribution in [3.63, 3.8) is 0 Å². The molecule has 0 radical (unpaired) electrons. The fourth-order valence-corrected chi connectivity index (χ4v) is 9.01. The van der Waals surface area contributed by atoms with Crippen LogP contribution in [-0.4, -0.2) is 63.5 Å². The second-order valence-electron chi connectivity index (χ2n) is 19.1. The van der Waals surface area contributed by atoms with Gasteiger partial charge in [-0.05, 0) is 77.6 Å². The molecule has 4 heterocycles. The van der Waals surface area contributed by atoms with Crippen LogP contribution in [0.3, 0.4) is 0 Å². The number of nitrogens with zero attached hydrogens (tertiary/aromatic N) is 2. The van der Waals surface area contributed by atoms with Gasteiger partial charge in [0.15, 0.2) is 0 Å². The molecule has 2 unspecified atom stereocenters. The van der Waals surface area contributed by atoms with Gasteiger partial charge in [0, 0.05) is 22.9 Å². The van der Waals surface area contributed by atoms with Gasteiger partial charge in [0.1, 0.15) is 24.3 Å². The van der Waals surface area contributed by atoms with Crippen LogP contribution in [0.15, 0.2) is 41.2 Å². The van der Waals surface area contributed by atoms with Crippen molar-refractivity contribution in [2.45, 2.75) is 206 Å². The SMILES string of the molecule is CCCCCCCCCCCCCCCCC(NC(=O)C(CCCCN)NC(=O)CCC(=O)O[C@]1(CC)C(=O)OCc2c1cc1n(c2=O)Cc2cc3ccccc3nc2-1)C(=O)OC(C)(C)C. The van der Waals surface area contributed by atoms with Gasteiger partial charge < -0.3 is 35.1 Å². The van der Waals surface area contributed by atoms with Gasteiger partial charge in [-0.1, -0.05) is 122 Å². The number of esters is 3. The fourth-order valence-electron chi connectivity index (χ4n) is 9.01. The molecule has 0 saturated carbocycles. The lowest BCUT2D eigenvalue weighted by molar-refractivity contribution is -0.189. The van der Waals surface area contributed by atoms with Crippen LogP contribution in [0.2, 0.25) is 0 Å². The summed E-state index contributed by atoms with van der Waals surface area (Å²) in [5.41, 5.74) is 5.88. The van der Waals surface area contributed by atoms with Crippen molar-refractivity contribution in [1.82, 2.24) is 20.2 Å². The van der Waals surface area contributed by atoms with Gasteiger partial charge >= 0.3 is 17.9 Å². The van der Waals surface area contributed by atoms with Crippen LogP contribution in [-0.2, 0) is 56.9 Å². The van der Waals surface area contributed by atoms with Crippen molar-refractivity contribution in [2.24, 2.45) is 5.73 Å². The Labute approximate surface area is 390 Å². The Morgan fingerprint density at radius 2 is 1.44 bits per heavy atom. The number of fused-ring (bicyclic) bond motifs is 5. The van der Waals surface area contributed by atoms with E-state index in [1.54, 1.807) is 38.3 Å². The van der Waals surface area contributed by atoms with E-state index >= 15 is 0 Å². The smallest absolute Gasteiger partial charge is 0.355 e. The molecule has 362 valence electrons. The number of amides is 2. The monoisotopic (exact) mass is 914 g/mol. The molecule has 2 aliphatic heterocycles. The van der Waals surface area contributed by atoms with E-state index in [4.69, 9.17) is 24.9 Å². The van der Waals surface area contributed by atoms with Crippen molar-refractivity contribution in [1.29, 1.82) is 0 Å². The second kappa shape index (κ2) is 25.1. The molecule has 0 spiro atoms. The summed E-state index contributed by atoms with van der Waals surface area (Å²) in [4.78, 5) is 86.6. The average molecular weight is 914 g/mol. The van der Waals surface area contributed by atoms with Crippen LogP contribution in [0, 0.1) is 0 Å². The number of hydrogen-bond donors (Lipinski definition) is 3. The van der Waals surface area contributed by atoms with Crippen molar-refractivity contribution >= 4 is 40.6 Å². The fraction of sp³-hybridized carbons (Fsp3) is 0.635. The van der Waals surface area contributed by atoms with Crippen LogP contribution in [0.1, 0.15) is 186 Å². The molecule has 2 amide bonds. The molecule has 1 aromatic carbocycles. The number of rotatable bonds is 28. The van der Waals surface area contributed by atoms with Crippen LogP contribution >= 0.6 is 0 Å². The molecular weight excluding hydrogens is 839 g/mol. The first kappa shape index (κ1) is 51.9. The van der Waals surface area contributed by atoms with E-state index in [9.17, 15) is 28.8 Å². The lowest BCUT2D eigenvalue weighted by Crippen LogP contribution is -2.52. The highest BCUT2D eigenvalue weighted by molar-refractivity contribution is 5.92. The number of para-hydroxylation sites is 1. The van der Waals surface area contributed by atoms with E-state index in [0.29, 0.717) is 43.7 Å². The van der Waals surface area contributed by atoms with Gasteiger partial charge in [-0.25, -0.2) is 14.6 Å². The summed E-state index contributed by atoms with van der Waals surface area (Å²) in [7, 11) is 0. The number of carbonyl (C=O) groups excluding carboxylic acids is 5. The van der Waals surface area contributed by atoms with Gasteiger partial charge in [0.25, 0.3) is 5.56 Å². The quantitative estimate of drug-likeness (QED) is 0.0280. The van der Waals surface area contributed by atoms with E-state index in [1.165, 1.54) is 64.2 Å². The molecular formula is C52H75N5O9. The molecule has 3 atom stereocenters. The number of cyclic esters (lactones) is 1. The molecule has 0 aliphatic carbocycles. The van der Waals surface area contributed by atoms with Crippen molar-refractivity contribution in [2.75, 3.05) is 6.54 Å². The summed E-state index contributed by atoms with van der Waals surface area (Å²) in [5, 5.41) is 6.56. The number of nitrogens with two attached hydrogens (primary N) is 1. The highest BCUT2D eigenvalue weighted by Crippen LogP contribution is 2.41. The number of carbonyl (C=O) groups is 5. The second-order valence-corrected chi connectivity index (χ2v) is 19.1. The Morgan fingerprint density at radius 1 is 0.818 bits per heavy atom. The first-order valence-electron chi connectivity index (χ1n) is 24.8. The zero-order chi connectivity index (χ0) is 47.7. The summed E-state index contributed by atoms with van der Waals surface area (Å²) < 4.78 is 18.7. The van der Waals surface area contributed by atoms with Crippen LogP contribution in [0.4, 0.5) is 0 Å². The zero-order valence-corrected chi connectivity index (χ0v) is 40.2. The number of aromatic nitrogens is 2. The van der Waals surface area contributed by atoms with Crippen molar-refractivity contribution < 1.29 is 38.2 Å². The minimum Gasteiger partial charge on any atom is -0.458 e. The average Bonchev–Trinajstić information content (AvgIpc) is 3.64. The number of ether oxygens (including phenoxy) is 3. The summed E-state index contributed by atoms with van der Waals surface area (Å²) >= 11 is 0. The van der Waals surface area contributed by atoms with Gasteiger partial charge in [-0.3, -0.25) is 19.2 Å². The Hall–Kier alpha value is -5.11. The summed E-state index contributed by atoms with van der Waals surface area (Å²) in [6.07, 6.45) is 17.8. The number of unbranched alkanes of at least 4 members (excludes halogenated alkanes) is 14. The number of nitrogens with one attached hydrogen (secondary N) is 2. The maximum Gasteiger partial charge on any atom is 0.355 e. The predicted octanol–water partition coefficient (Wildman–Crippen LogP) is 8.72. The van der Waals surface area contributed by atoms with Crippen molar-refractivity contribution in [3.05, 3.63) is 63.4 Å². The first-order valence-corrected chi connectivity index (χ1v) is 24.8. The van der Waals surface area contributed by atoms with Gasteiger partial charge in [0.05, 0.1) is 35.4 Å². The minimum absolute atomic E-state index is 0.0285. The third-order valence-corrected chi connectivity index (χ3v) is 12.7. The topological polar surface area (TPSA) is 198 Å². The lowest BCUT2D eigenvalue weighted by atomic mass is 9.85. The summed E-state index contributed by atoms with van der Waals surface area (Å²) in [5.74, 6) is -3.32. The molecule has 0 bridgehead atoms. The lowest BCUT2D eigenvalue weighted by Gasteiger charge is -2.35. The zero-order valence-electron chi connectivity index (χ0n) is 40.2. The molecule has 0 fully saturated rings.